The molecule has 0 saturated carbocycles. The molecule has 0 bridgehead atoms. The number of nitrogens with zero attached hydrogens (tertiary/aromatic N) is 1. The molecule has 0 spiro atoms. The minimum Gasteiger partial charge on any atom is -0.370 e. The maximum atomic E-state index is 11.3. The number of quaternary nitrogens is 1. The van der Waals surface area contributed by atoms with E-state index >= 15 is 0 Å². The summed E-state index contributed by atoms with van der Waals surface area (Å²) in [4.78, 5) is 22.6. The summed E-state index contributed by atoms with van der Waals surface area (Å²) in [7, 11) is 0. The van der Waals surface area contributed by atoms with Crippen molar-refractivity contribution in [1.29, 1.82) is 0 Å². The summed E-state index contributed by atoms with van der Waals surface area (Å²) in [5.41, 5.74) is 0. The molecule has 1 aliphatic rings. The minimum atomic E-state index is 0.0932. The maximum Gasteiger partial charge on any atom is 0.219 e. The van der Waals surface area contributed by atoms with Gasteiger partial charge in [0.2, 0.25) is 11.8 Å². The van der Waals surface area contributed by atoms with Gasteiger partial charge in [-0.05, 0) is 0 Å². The van der Waals surface area contributed by atoms with E-state index in [1.165, 1.54) is 0 Å². The van der Waals surface area contributed by atoms with Crippen molar-refractivity contribution in [1.82, 2.24) is 10.6 Å². The van der Waals surface area contributed by atoms with Crippen molar-refractivity contribution in [3.05, 3.63) is 0 Å². The molecule has 2 N–H and O–H groups in total. The van der Waals surface area contributed by atoms with E-state index in [1.807, 2.05) is 13.8 Å². The summed E-state index contributed by atoms with van der Waals surface area (Å²) in [6.07, 6.45) is 1.05. The lowest BCUT2D eigenvalue weighted by Gasteiger charge is -2.41. The number of morpholine rings is 1. The highest BCUT2D eigenvalue weighted by Crippen LogP contribution is 2.10. The van der Waals surface area contributed by atoms with Gasteiger partial charge < -0.3 is 19.9 Å². The molecule has 1 saturated heterocycles. The van der Waals surface area contributed by atoms with E-state index in [9.17, 15) is 9.59 Å². The van der Waals surface area contributed by atoms with Gasteiger partial charge in [0.25, 0.3) is 0 Å². The zero-order valence-corrected chi connectivity index (χ0v) is 12.7. The van der Waals surface area contributed by atoms with Crippen molar-refractivity contribution < 1.29 is 18.8 Å². The zero-order chi connectivity index (χ0) is 14.8. The molecule has 0 aromatic heterocycles. The quantitative estimate of drug-likeness (QED) is 0.612. The van der Waals surface area contributed by atoms with Crippen LogP contribution in [0.3, 0.4) is 0 Å². The number of hydrogen-bond donors (Lipinski definition) is 2. The van der Waals surface area contributed by atoms with Gasteiger partial charge in [-0.3, -0.25) is 9.59 Å². The van der Waals surface area contributed by atoms with Crippen LogP contribution in [-0.4, -0.2) is 68.8 Å². The molecule has 0 unspecified atom stereocenters. The highest BCUT2D eigenvalue weighted by molar-refractivity contribution is 5.75. The Morgan fingerprint density at radius 2 is 1.40 bits per heavy atom. The molecular weight excluding hydrogens is 258 g/mol. The van der Waals surface area contributed by atoms with Gasteiger partial charge in [-0.15, -0.1) is 0 Å². The van der Waals surface area contributed by atoms with E-state index in [2.05, 4.69) is 10.6 Å². The average Bonchev–Trinajstić information content (AvgIpc) is 2.47. The standard InChI is InChI=1S/C14H27N3O3/c1-3-13(18)15-5-7-17(9-11-20-12-10-17)8-6-16-14(19)4-2/h3-12H2,1-2H3,(H-,15,16,18,19)/p+1. The van der Waals surface area contributed by atoms with Gasteiger partial charge in [0, 0.05) is 12.8 Å². The summed E-state index contributed by atoms with van der Waals surface area (Å²) in [5.74, 6) is 0.186. The lowest BCUT2D eigenvalue weighted by molar-refractivity contribution is -0.932. The van der Waals surface area contributed by atoms with Crippen molar-refractivity contribution in [3.63, 3.8) is 0 Å². The third-order valence-electron chi connectivity index (χ3n) is 3.88. The number of hydrogen-bond acceptors (Lipinski definition) is 3. The zero-order valence-electron chi connectivity index (χ0n) is 12.7. The maximum absolute atomic E-state index is 11.3. The van der Waals surface area contributed by atoms with Gasteiger partial charge in [-0.1, -0.05) is 13.8 Å². The Hall–Kier alpha value is -1.14. The Labute approximate surface area is 121 Å². The van der Waals surface area contributed by atoms with E-state index in [0.717, 1.165) is 43.9 Å². The molecule has 6 heteroatoms. The monoisotopic (exact) mass is 286 g/mol. The summed E-state index contributed by atoms with van der Waals surface area (Å²) in [6, 6.07) is 0. The van der Waals surface area contributed by atoms with Gasteiger partial charge in [0.15, 0.2) is 0 Å². The predicted molar refractivity (Wildman–Crippen MR) is 77.1 cm³/mol. The Bertz CT molecular complexity index is 291. The van der Waals surface area contributed by atoms with Crippen molar-refractivity contribution in [2.24, 2.45) is 0 Å². The largest absolute Gasteiger partial charge is 0.370 e. The van der Waals surface area contributed by atoms with Crippen LogP contribution in [0.4, 0.5) is 0 Å². The van der Waals surface area contributed by atoms with Crippen LogP contribution in [0, 0.1) is 0 Å². The Morgan fingerprint density at radius 3 is 1.80 bits per heavy atom. The van der Waals surface area contributed by atoms with Crippen molar-refractivity contribution >= 4 is 11.8 Å². The van der Waals surface area contributed by atoms with Crippen LogP contribution >= 0.6 is 0 Å². The molecule has 1 heterocycles. The number of carbonyl (C=O) groups is 2. The van der Waals surface area contributed by atoms with Gasteiger partial charge in [-0.2, -0.15) is 0 Å². The first kappa shape index (κ1) is 16.9. The summed E-state index contributed by atoms with van der Waals surface area (Å²) < 4.78 is 6.34. The molecule has 0 radical (unpaired) electrons. The molecule has 116 valence electrons. The van der Waals surface area contributed by atoms with Gasteiger partial charge in [0.05, 0.1) is 39.4 Å². The third-order valence-corrected chi connectivity index (χ3v) is 3.88. The fourth-order valence-corrected chi connectivity index (χ4v) is 2.40. The van der Waals surface area contributed by atoms with E-state index in [0.29, 0.717) is 25.9 Å². The molecule has 20 heavy (non-hydrogen) atoms. The number of nitrogens with one attached hydrogen (secondary N) is 2. The second kappa shape index (κ2) is 8.92. The second-order valence-electron chi connectivity index (χ2n) is 5.26. The van der Waals surface area contributed by atoms with Crippen LogP contribution in [0.2, 0.25) is 0 Å². The normalized spacial score (nSPS) is 17.5. The van der Waals surface area contributed by atoms with Gasteiger partial charge in [0.1, 0.15) is 13.1 Å². The van der Waals surface area contributed by atoms with Crippen molar-refractivity contribution in [3.8, 4) is 0 Å². The molecule has 1 rings (SSSR count). The van der Waals surface area contributed by atoms with Crippen LogP contribution in [-0.2, 0) is 14.3 Å². The lowest BCUT2D eigenvalue weighted by atomic mass is 10.2. The van der Waals surface area contributed by atoms with Gasteiger partial charge >= 0.3 is 0 Å². The Balaban J connectivity index is 2.40. The SMILES string of the molecule is CCC(=O)NCC[N+]1(CCNC(=O)CC)CCOCC1. The topological polar surface area (TPSA) is 67.4 Å². The highest BCUT2D eigenvalue weighted by atomic mass is 16.5. The Morgan fingerprint density at radius 1 is 0.950 bits per heavy atom. The average molecular weight is 286 g/mol. The number of amides is 2. The first-order chi connectivity index (χ1) is 9.62. The fraction of sp³-hybridized carbons (Fsp3) is 0.857. The van der Waals surface area contributed by atoms with E-state index < -0.39 is 0 Å². The van der Waals surface area contributed by atoms with Crippen LogP contribution in [0.25, 0.3) is 0 Å². The summed E-state index contributed by atoms with van der Waals surface area (Å²) >= 11 is 0. The molecule has 0 aromatic carbocycles. The molecule has 0 aliphatic carbocycles. The van der Waals surface area contributed by atoms with Crippen LogP contribution < -0.4 is 10.6 Å². The van der Waals surface area contributed by atoms with Crippen LogP contribution in [0.5, 0.6) is 0 Å². The number of ether oxygens (including phenoxy) is 1. The van der Waals surface area contributed by atoms with E-state index in [-0.39, 0.29) is 11.8 Å². The minimum absolute atomic E-state index is 0.0932. The first-order valence-electron chi connectivity index (χ1n) is 7.58. The molecule has 0 aromatic rings. The fourth-order valence-electron chi connectivity index (χ4n) is 2.40. The highest BCUT2D eigenvalue weighted by Gasteiger charge is 2.29. The number of rotatable bonds is 8. The lowest BCUT2D eigenvalue weighted by Crippen LogP contribution is -2.60. The summed E-state index contributed by atoms with van der Waals surface area (Å²) in [5, 5.41) is 5.86. The van der Waals surface area contributed by atoms with E-state index in [1.54, 1.807) is 0 Å². The summed E-state index contributed by atoms with van der Waals surface area (Å²) in [6.45, 7) is 10.3. The van der Waals surface area contributed by atoms with Gasteiger partial charge in [-0.25, -0.2) is 0 Å². The smallest absolute Gasteiger partial charge is 0.219 e. The third kappa shape index (κ3) is 5.88. The van der Waals surface area contributed by atoms with Crippen LogP contribution in [0.1, 0.15) is 26.7 Å². The predicted octanol–water partition coefficient (Wildman–Crippen LogP) is -0.114. The molecule has 2 amide bonds. The van der Waals surface area contributed by atoms with Crippen molar-refractivity contribution in [2.75, 3.05) is 52.5 Å². The first-order valence-corrected chi connectivity index (χ1v) is 7.58. The molecule has 1 aliphatic heterocycles. The van der Waals surface area contributed by atoms with E-state index in [4.69, 9.17) is 4.74 Å². The molecule has 1 fully saturated rings. The Kier molecular flexibility index (Phi) is 7.54. The van der Waals surface area contributed by atoms with Crippen LogP contribution in [0.15, 0.2) is 0 Å². The molecular formula is C14H28N3O3+. The van der Waals surface area contributed by atoms with Crippen molar-refractivity contribution in [2.45, 2.75) is 26.7 Å². The second-order valence-corrected chi connectivity index (χ2v) is 5.26. The number of carbonyl (C=O) groups excluding carboxylic acids is 2. The molecule has 6 nitrogen and oxygen atoms in total. The molecule has 0 atom stereocenters.